The van der Waals surface area contributed by atoms with Crippen LogP contribution in [0.4, 0.5) is 0 Å². The number of fused-ring (bicyclic) bond motifs is 1. The predicted molar refractivity (Wildman–Crippen MR) is 85.4 cm³/mol. The van der Waals surface area contributed by atoms with E-state index in [2.05, 4.69) is 21.2 Å². The molecule has 2 aliphatic rings. The van der Waals surface area contributed by atoms with Crippen LogP contribution in [0.15, 0.2) is 22.7 Å². The molecule has 114 valence electrons. The van der Waals surface area contributed by atoms with Crippen LogP contribution in [0.2, 0.25) is 0 Å². The summed E-state index contributed by atoms with van der Waals surface area (Å²) in [5, 5.41) is 3.39. The summed E-state index contributed by atoms with van der Waals surface area (Å²) in [4.78, 5) is 14.2. The molecule has 0 aliphatic carbocycles. The molecule has 0 spiro atoms. The maximum atomic E-state index is 12.2. The zero-order chi connectivity index (χ0) is 14.8. The number of rotatable bonds is 4. The normalized spacial score (nSPS) is 24.2. The second-order valence-electron chi connectivity index (χ2n) is 6.01. The van der Waals surface area contributed by atoms with Crippen molar-refractivity contribution in [2.24, 2.45) is 11.8 Å². The highest BCUT2D eigenvalue weighted by Crippen LogP contribution is 2.27. The second-order valence-corrected chi connectivity index (χ2v) is 6.86. The van der Waals surface area contributed by atoms with Gasteiger partial charge in [-0.1, -0.05) is 6.07 Å². The van der Waals surface area contributed by atoms with Crippen molar-refractivity contribution in [3.05, 3.63) is 28.2 Å². The fraction of sp³-hybridized carbons (Fsp3) is 0.562. The van der Waals surface area contributed by atoms with Gasteiger partial charge in [-0.15, -0.1) is 0 Å². The number of hydrogen-bond donors (Lipinski definition) is 1. The maximum absolute atomic E-state index is 12.2. The number of ether oxygens (including phenoxy) is 1. The van der Waals surface area contributed by atoms with E-state index in [1.54, 1.807) is 0 Å². The minimum atomic E-state index is 0.215. The summed E-state index contributed by atoms with van der Waals surface area (Å²) in [5.74, 6) is 2.32. The van der Waals surface area contributed by atoms with Crippen LogP contribution >= 0.6 is 15.9 Å². The molecule has 2 heterocycles. The van der Waals surface area contributed by atoms with Gasteiger partial charge >= 0.3 is 0 Å². The molecule has 2 atom stereocenters. The molecule has 1 N–H and O–H groups in total. The Balaban J connectivity index is 1.46. The van der Waals surface area contributed by atoms with Gasteiger partial charge < -0.3 is 15.0 Å². The Morgan fingerprint density at radius 3 is 2.76 bits per heavy atom. The number of aryl methyl sites for hydroxylation is 1. The Morgan fingerprint density at radius 1 is 1.38 bits per heavy atom. The standard InChI is InChI=1S/C16H21BrN2O2/c1-11-2-3-15(14(17)6-11)21-5-4-16(20)19-9-12-7-18-8-13(12)10-19/h2-3,6,12-13,18H,4-5,7-10H2,1H3/t12-,13+. The van der Waals surface area contributed by atoms with E-state index in [0.717, 1.165) is 36.4 Å². The molecule has 1 aromatic rings. The predicted octanol–water partition coefficient (Wildman–Crippen LogP) is 2.20. The lowest BCUT2D eigenvalue weighted by atomic mass is 10.0. The Morgan fingerprint density at radius 2 is 2.10 bits per heavy atom. The Bertz CT molecular complexity index is 523. The average molecular weight is 353 g/mol. The van der Waals surface area contributed by atoms with E-state index in [-0.39, 0.29) is 5.91 Å². The largest absolute Gasteiger partial charge is 0.492 e. The fourth-order valence-corrected chi connectivity index (χ4v) is 3.80. The van der Waals surface area contributed by atoms with E-state index in [0.29, 0.717) is 24.9 Å². The quantitative estimate of drug-likeness (QED) is 0.903. The maximum Gasteiger partial charge on any atom is 0.226 e. The first-order valence-electron chi connectivity index (χ1n) is 7.51. The van der Waals surface area contributed by atoms with Crippen LogP contribution in [-0.2, 0) is 4.79 Å². The first kappa shape index (κ1) is 14.9. The molecule has 1 amide bonds. The molecule has 2 aliphatic heterocycles. The van der Waals surface area contributed by atoms with Crippen molar-refractivity contribution in [2.45, 2.75) is 13.3 Å². The number of benzene rings is 1. The minimum Gasteiger partial charge on any atom is -0.492 e. The van der Waals surface area contributed by atoms with Gasteiger partial charge in [0.05, 0.1) is 17.5 Å². The highest BCUT2D eigenvalue weighted by atomic mass is 79.9. The molecule has 5 heteroatoms. The topological polar surface area (TPSA) is 41.6 Å². The zero-order valence-corrected chi connectivity index (χ0v) is 13.9. The van der Waals surface area contributed by atoms with E-state index in [1.807, 2.05) is 30.0 Å². The molecule has 0 bridgehead atoms. The molecule has 2 fully saturated rings. The zero-order valence-electron chi connectivity index (χ0n) is 12.3. The van der Waals surface area contributed by atoms with Crippen molar-refractivity contribution >= 4 is 21.8 Å². The van der Waals surface area contributed by atoms with Gasteiger partial charge in [-0.25, -0.2) is 0 Å². The number of likely N-dealkylation sites (tertiary alicyclic amines) is 1. The Labute approximate surface area is 134 Å². The third kappa shape index (κ3) is 3.40. The second kappa shape index (κ2) is 6.36. The van der Waals surface area contributed by atoms with Crippen molar-refractivity contribution < 1.29 is 9.53 Å². The summed E-state index contributed by atoms with van der Waals surface area (Å²) in [6.07, 6.45) is 0.452. The Hall–Kier alpha value is -1.07. The van der Waals surface area contributed by atoms with Crippen molar-refractivity contribution in [3.63, 3.8) is 0 Å². The van der Waals surface area contributed by atoms with Crippen LogP contribution in [0.1, 0.15) is 12.0 Å². The van der Waals surface area contributed by atoms with E-state index < -0.39 is 0 Å². The smallest absolute Gasteiger partial charge is 0.226 e. The minimum absolute atomic E-state index is 0.215. The van der Waals surface area contributed by atoms with Gasteiger partial charge in [-0.3, -0.25) is 4.79 Å². The van der Waals surface area contributed by atoms with E-state index in [9.17, 15) is 4.79 Å². The molecule has 4 nitrogen and oxygen atoms in total. The van der Waals surface area contributed by atoms with Crippen LogP contribution in [0.3, 0.4) is 0 Å². The lowest BCUT2D eigenvalue weighted by molar-refractivity contribution is -0.130. The number of amides is 1. The number of carbonyl (C=O) groups excluding carboxylic acids is 1. The summed E-state index contributed by atoms with van der Waals surface area (Å²) >= 11 is 3.49. The SMILES string of the molecule is Cc1ccc(OCCC(=O)N2C[C@H]3CNC[C@H]3C2)c(Br)c1. The average Bonchev–Trinajstić information content (AvgIpc) is 3.02. The van der Waals surface area contributed by atoms with Crippen molar-refractivity contribution in [3.8, 4) is 5.75 Å². The lowest BCUT2D eigenvalue weighted by Crippen LogP contribution is -2.32. The van der Waals surface area contributed by atoms with Crippen molar-refractivity contribution in [2.75, 3.05) is 32.8 Å². The molecule has 21 heavy (non-hydrogen) atoms. The van der Waals surface area contributed by atoms with Gasteiger partial charge in [0.2, 0.25) is 5.91 Å². The van der Waals surface area contributed by atoms with Crippen molar-refractivity contribution in [1.82, 2.24) is 10.2 Å². The lowest BCUT2D eigenvalue weighted by Gasteiger charge is -2.17. The number of nitrogens with one attached hydrogen (secondary N) is 1. The third-order valence-corrected chi connectivity index (χ3v) is 5.02. The molecular formula is C16H21BrN2O2. The van der Waals surface area contributed by atoms with E-state index in [1.165, 1.54) is 5.56 Å². The molecular weight excluding hydrogens is 332 g/mol. The summed E-state index contributed by atoms with van der Waals surface area (Å²) in [5.41, 5.74) is 1.18. The first-order chi connectivity index (χ1) is 10.1. The van der Waals surface area contributed by atoms with E-state index >= 15 is 0 Å². The highest BCUT2D eigenvalue weighted by Gasteiger charge is 2.37. The number of halogens is 1. The molecule has 0 radical (unpaired) electrons. The van der Waals surface area contributed by atoms with Crippen LogP contribution in [0.5, 0.6) is 5.75 Å². The van der Waals surface area contributed by atoms with Gasteiger partial charge in [-0.05, 0) is 52.4 Å². The van der Waals surface area contributed by atoms with Gasteiger partial charge in [0.15, 0.2) is 0 Å². The number of nitrogens with zero attached hydrogens (tertiary/aromatic N) is 1. The molecule has 3 rings (SSSR count). The molecule has 0 saturated carbocycles. The van der Waals surface area contributed by atoms with Gasteiger partial charge in [0.1, 0.15) is 5.75 Å². The Kier molecular flexibility index (Phi) is 4.50. The summed E-state index contributed by atoms with van der Waals surface area (Å²) in [6, 6.07) is 5.97. The first-order valence-corrected chi connectivity index (χ1v) is 8.30. The monoisotopic (exact) mass is 352 g/mol. The van der Waals surface area contributed by atoms with Gasteiger partial charge in [0.25, 0.3) is 0 Å². The van der Waals surface area contributed by atoms with Crippen molar-refractivity contribution in [1.29, 1.82) is 0 Å². The molecule has 0 unspecified atom stereocenters. The van der Waals surface area contributed by atoms with Crippen LogP contribution < -0.4 is 10.1 Å². The van der Waals surface area contributed by atoms with Crippen LogP contribution in [0, 0.1) is 18.8 Å². The third-order valence-electron chi connectivity index (χ3n) is 4.40. The van der Waals surface area contributed by atoms with Crippen LogP contribution in [0.25, 0.3) is 0 Å². The number of hydrogen-bond acceptors (Lipinski definition) is 3. The molecule has 1 aromatic carbocycles. The number of carbonyl (C=O) groups is 1. The molecule has 0 aromatic heterocycles. The fourth-order valence-electron chi connectivity index (χ4n) is 3.19. The molecule has 2 saturated heterocycles. The van der Waals surface area contributed by atoms with Gasteiger partial charge in [-0.2, -0.15) is 0 Å². The summed E-state index contributed by atoms with van der Waals surface area (Å²) in [6.45, 7) is 6.40. The highest BCUT2D eigenvalue weighted by molar-refractivity contribution is 9.10. The van der Waals surface area contributed by atoms with Gasteiger partial charge in [0, 0.05) is 26.2 Å². The van der Waals surface area contributed by atoms with E-state index in [4.69, 9.17) is 4.74 Å². The van der Waals surface area contributed by atoms with Crippen LogP contribution in [-0.4, -0.2) is 43.6 Å². The summed E-state index contributed by atoms with van der Waals surface area (Å²) < 4.78 is 6.65. The summed E-state index contributed by atoms with van der Waals surface area (Å²) in [7, 11) is 0.